The lowest BCUT2D eigenvalue weighted by atomic mass is 10.1. The van der Waals surface area contributed by atoms with Gasteiger partial charge in [0.05, 0.1) is 18.8 Å². The molecule has 0 bridgehead atoms. The lowest BCUT2D eigenvalue weighted by Crippen LogP contribution is -2.51. The number of ether oxygens (including phenoxy) is 1. The molecule has 16 heavy (non-hydrogen) atoms. The second-order valence-corrected chi connectivity index (χ2v) is 4.63. The molecule has 0 spiro atoms. The topological polar surface area (TPSA) is 24.5 Å². The third kappa shape index (κ3) is 4.24. The van der Waals surface area contributed by atoms with Crippen LogP contribution in [0.1, 0.15) is 27.7 Å². The summed E-state index contributed by atoms with van der Waals surface area (Å²) < 4.78 is 5.88. The van der Waals surface area contributed by atoms with Crippen LogP contribution in [0.25, 0.3) is 0 Å². The molecule has 0 aromatic heterocycles. The zero-order valence-corrected chi connectivity index (χ0v) is 11.1. The number of nitrogens with zero attached hydrogens (tertiary/aromatic N) is 1. The van der Waals surface area contributed by atoms with E-state index in [9.17, 15) is 0 Å². The molecule has 1 heterocycles. The molecular weight excluding hydrogens is 200 g/mol. The summed E-state index contributed by atoms with van der Waals surface area (Å²) in [5.41, 5.74) is 1.35. The molecule has 1 fully saturated rings. The highest BCUT2D eigenvalue weighted by Crippen LogP contribution is 2.11. The van der Waals surface area contributed by atoms with Gasteiger partial charge in [-0.2, -0.15) is 0 Å². The Hall–Kier alpha value is -0.380. The normalized spacial score (nSPS) is 24.1. The second-order valence-electron chi connectivity index (χ2n) is 4.63. The van der Waals surface area contributed by atoms with Crippen molar-refractivity contribution in [2.24, 2.45) is 0 Å². The Morgan fingerprint density at radius 3 is 2.81 bits per heavy atom. The predicted molar refractivity (Wildman–Crippen MR) is 68.7 cm³/mol. The van der Waals surface area contributed by atoms with E-state index in [-0.39, 0.29) is 0 Å². The predicted octanol–water partition coefficient (Wildman–Crippen LogP) is 1.65. The van der Waals surface area contributed by atoms with E-state index in [1.165, 1.54) is 5.57 Å². The number of hydrogen-bond donors (Lipinski definition) is 1. The Balaban J connectivity index is 2.59. The molecule has 0 radical (unpaired) electrons. The molecule has 1 aliphatic heterocycles. The van der Waals surface area contributed by atoms with E-state index in [1.807, 2.05) is 0 Å². The highest BCUT2D eigenvalue weighted by Gasteiger charge is 2.25. The highest BCUT2D eigenvalue weighted by atomic mass is 16.5. The Bertz CT molecular complexity index is 224. The summed E-state index contributed by atoms with van der Waals surface area (Å²) in [6.07, 6.45) is 2.58. The molecule has 0 saturated carbocycles. The van der Waals surface area contributed by atoms with E-state index in [1.54, 1.807) is 0 Å². The first-order valence-electron chi connectivity index (χ1n) is 6.39. The van der Waals surface area contributed by atoms with Crippen molar-refractivity contribution in [3.63, 3.8) is 0 Å². The van der Waals surface area contributed by atoms with Gasteiger partial charge in [0.25, 0.3) is 0 Å². The lowest BCUT2D eigenvalue weighted by Gasteiger charge is -2.36. The minimum atomic E-state index is 0.295. The van der Waals surface area contributed by atoms with Gasteiger partial charge in [-0.1, -0.05) is 25.5 Å². The van der Waals surface area contributed by atoms with Crippen molar-refractivity contribution in [2.75, 3.05) is 32.8 Å². The molecule has 0 aromatic rings. The molecule has 2 atom stereocenters. The fraction of sp³-hybridized carbons (Fsp3) is 0.846. The summed E-state index contributed by atoms with van der Waals surface area (Å²) in [5.74, 6) is 0. The zero-order chi connectivity index (χ0) is 12.0. The summed E-state index contributed by atoms with van der Waals surface area (Å²) >= 11 is 0. The smallest absolute Gasteiger partial charge is 0.0891 e. The first-order valence-corrected chi connectivity index (χ1v) is 6.39. The van der Waals surface area contributed by atoms with Crippen LogP contribution in [-0.4, -0.2) is 49.8 Å². The van der Waals surface area contributed by atoms with Gasteiger partial charge in [-0.15, -0.1) is 0 Å². The molecule has 1 saturated heterocycles. The molecular formula is C13H26N2O. The van der Waals surface area contributed by atoms with Crippen LogP contribution in [0.5, 0.6) is 0 Å². The van der Waals surface area contributed by atoms with Crippen LogP contribution in [0.3, 0.4) is 0 Å². The van der Waals surface area contributed by atoms with E-state index >= 15 is 0 Å². The first kappa shape index (κ1) is 13.7. The van der Waals surface area contributed by atoms with Crippen LogP contribution in [0.15, 0.2) is 11.6 Å². The number of nitrogens with one attached hydrogen (secondary N) is 1. The van der Waals surface area contributed by atoms with Crippen LogP contribution in [0.2, 0.25) is 0 Å². The number of allylic oxidation sites excluding steroid dienone is 1. The van der Waals surface area contributed by atoms with Gasteiger partial charge in [-0.05, 0) is 26.9 Å². The minimum absolute atomic E-state index is 0.295. The van der Waals surface area contributed by atoms with E-state index in [0.717, 1.165) is 32.8 Å². The van der Waals surface area contributed by atoms with Gasteiger partial charge in [0.15, 0.2) is 0 Å². The number of rotatable bonds is 5. The van der Waals surface area contributed by atoms with Gasteiger partial charge >= 0.3 is 0 Å². The van der Waals surface area contributed by atoms with Crippen molar-refractivity contribution in [2.45, 2.75) is 39.8 Å². The van der Waals surface area contributed by atoms with Crippen molar-refractivity contribution in [3.8, 4) is 0 Å². The summed E-state index contributed by atoms with van der Waals surface area (Å²) in [4.78, 5) is 2.46. The van der Waals surface area contributed by atoms with E-state index in [0.29, 0.717) is 12.1 Å². The van der Waals surface area contributed by atoms with Gasteiger partial charge in [-0.25, -0.2) is 0 Å². The average molecular weight is 226 g/mol. The lowest BCUT2D eigenvalue weighted by molar-refractivity contribution is -0.0370. The van der Waals surface area contributed by atoms with Crippen molar-refractivity contribution >= 4 is 0 Å². The van der Waals surface area contributed by atoms with Crippen molar-refractivity contribution < 1.29 is 4.74 Å². The summed E-state index contributed by atoms with van der Waals surface area (Å²) in [6.45, 7) is 13.7. The summed E-state index contributed by atoms with van der Waals surface area (Å²) in [7, 11) is 0. The van der Waals surface area contributed by atoms with Crippen LogP contribution < -0.4 is 5.32 Å². The van der Waals surface area contributed by atoms with Gasteiger partial charge in [0.2, 0.25) is 0 Å². The third-order valence-electron chi connectivity index (χ3n) is 2.98. The van der Waals surface area contributed by atoms with Crippen LogP contribution in [0, 0.1) is 0 Å². The van der Waals surface area contributed by atoms with Gasteiger partial charge in [0.1, 0.15) is 0 Å². The molecule has 94 valence electrons. The number of hydrogen-bond acceptors (Lipinski definition) is 3. The minimum Gasteiger partial charge on any atom is -0.374 e. The number of morpholine rings is 1. The number of likely N-dealkylation sites (N-methyl/N-ethyl adjacent to an activating group) is 2. The van der Waals surface area contributed by atoms with E-state index in [2.05, 4.69) is 44.0 Å². The highest BCUT2D eigenvalue weighted by molar-refractivity contribution is 5.05. The monoisotopic (exact) mass is 226 g/mol. The molecule has 3 heteroatoms. The SMILES string of the molecule is CCNC(C=C(C)C)C1CN(CC)CCO1. The quantitative estimate of drug-likeness (QED) is 0.721. The molecule has 0 aliphatic carbocycles. The zero-order valence-electron chi connectivity index (χ0n) is 11.1. The van der Waals surface area contributed by atoms with E-state index in [4.69, 9.17) is 4.74 Å². The Kier molecular flexibility index (Phi) is 6.03. The first-order chi connectivity index (χ1) is 7.67. The molecule has 2 unspecified atom stereocenters. The van der Waals surface area contributed by atoms with Crippen molar-refractivity contribution in [1.29, 1.82) is 0 Å². The molecule has 0 amide bonds. The largest absolute Gasteiger partial charge is 0.374 e. The fourth-order valence-corrected chi connectivity index (χ4v) is 2.13. The Morgan fingerprint density at radius 2 is 2.25 bits per heavy atom. The van der Waals surface area contributed by atoms with E-state index < -0.39 is 0 Å². The fourth-order valence-electron chi connectivity index (χ4n) is 2.13. The third-order valence-corrected chi connectivity index (χ3v) is 2.98. The molecule has 3 nitrogen and oxygen atoms in total. The van der Waals surface area contributed by atoms with Crippen LogP contribution in [0.4, 0.5) is 0 Å². The maximum atomic E-state index is 5.88. The average Bonchev–Trinajstić information content (AvgIpc) is 2.28. The van der Waals surface area contributed by atoms with Crippen LogP contribution >= 0.6 is 0 Å². The Morgan fingerprint density at radius 1 is 1.50 bits per heavy atom. The summed E-state index contributed by atoms with van der Waals surface area (Å²) in [5, 5.41) is 3.50. The van der Waals surface area contributed by atoms with Crippen LogP contribution in [-0.2, 0) is 4.74 Å². The van der Waals surface area contributed by atoms with Gasteiger partial charge in [-0.3, -0.25) is 4.90 Å². The van der Waals surface area contributed by atoms with Crippen molar-refractivity contribution in [3.05, 3.63) is 11.6 Å². The molecule has 1 N–H and O–H groups in total. The second kappa shape index (κ2) is 7.05. The van der Waals surface area contributed by atoms with Crippen molar-refractivity contribution in [1.82, 2.24) is 10.2 Å². The van der Waals surface area contributed by atoms with Gasteiger partial charge < -0.3 is 10.1 Å². The Labute approximate surface area is 99.8 Å². The standard InChI is InChI=1S/C13H26N2O/c1-5-14-12(9-11(3)4)13-10-15(6-2)7-8-16-13/h9,12-14H,5-8,10H2,1-4H3. The molecule has 1 aliphatic rings. The molecule has 1 rings (SSSR count). The summed E-state index contributed by atoms with van der Waals surface area (Å²) in [6, 6.07) is 0.351. The maximum Gasteiger partial charge on any atom is 0.0891 e. The molecule has 0 aromatic carbocycles. The van der Waals surface area contributed by atoms with Gasteiger partial charge in [0, 0.05) is 13.1 Å². The maximum absolute atomic E-state index is 5.88.